The monoisotopic (exact) mass is 529 g/mol. The highest BCUT2D eigenvalue weighted by Crippen LogP contribution is 2.40. The summed E-state index contributed by atoms with van der Waals surface area (Å²) in [7, 11) is 0. The van der Waals surface area contributed by atoms with Crippen molar-refractivity contribution in [3.63, 3.8) is 0 Å². The molecule has 9 heteroatoms. The van der Waals surface area contributed by atoms with Crippen LogP contribution in [0.15, 0.2) is 30.3 Å². The Morgan fingerprint density at radius 2 is 1.41 bits per heavy atom. The van der Waals surface area contributed by atoms with Crippen LogP contribution >= 0.6 is 11.3 Å². The summed E-state index contributed by atoms with van der Waals surface area (Å²) in [6, 6.07) is 9.34. The van der Waals surface area contributed by atoms with Gasteiger partial charge in [0.2, 0.25) is 5.75 Å². The quantitative estimate of drug-likeness (QED) is 0.243. The summed E-state index contributed by atoms with van der Waals surface area (Å²) >= 11 is 1.48. The highest BCUT2D eigenvalue weighted by molar-refractivity contribution is 7.22. The Morgan fingerprint density at radius 1 is 0.811 bits per heavy atom. The largest absolute Gasteiger partial charge is 0.492 e. The molecule has 0 saturated heterocycles. The molecule has 37 heavy (non-hydrogen) atoms. The Bertz CT molecular complexity index is 1130. The first-order valence-electron chi connectivity index (χ1n) is 13.1. The molecule has 3 aromatic rings. The van der Waals surface area contributed by atoms with Crippen LogP contribution in [-0.4, -0.2) is 68.4 Å². The number of carbonyl (C=O) groups excluding carboxylic acids is 1. The highest BCUT2D eigenvalue weighted by atomic mass is 32.1. The lowest BCUT2D eigenvalue weighted by molar-refractivity contribution is 0.0982. The number of benzene rings is 2. The SMILES string of the molecule is CCOc1cc(C(=O)N(CCN(CC)CC)c2nc3c(OCC)cccc3s2)cc(OCC)c1OCC. The van der Waals surface area contributed by atoms with E-state index in [2.05, 4.69) is 18.7 Å². The standard InChI is InChI=1S/C28H39N3O5S/c1-7-30(8-2)16-17-31(28-29-25-21(33-9-3)14-13-15-24(25)37-28)27(32)20-18-22(34-10-4)26(36-12-6)23(19-20)35-11-5/h13-15,18-19H,7-12,16-17H2,1-6H3. The first-order chi connectivity index (χ1) is 18.0. The fourth-order valence-electron chi connectivity index (χ4n) is 4.03. The Balaban J connectivity index is 2.09. The van der Waals surface area contributed by atoms with E-state index < -0.39 is 0 Å². The molecule has 8 nitrogen and oxygen atoms in total. The van der Waals surface area contributed by atoms with Gasteiger partial charge in [-0.3, -0.25) is 9.69 Å². The van der Waals surface area contributed by atoms with Crippen molar-refractivity contribution < 1.29 is 23.7 Å². The molecule has 0 saturated carbocycles. The zero-order valence-electron chi connectivity index (χ0n) is 22.8. The maximum Gasteiger partial charge on any atom is 0.260 e. The van der Waals surface area contributed by atoms with Gasteiger partial charge >= 0.3 is 0 Å². The maximum absolute atomic E-state index is 14.1. The molecule has 0 aliphatic carbocycles. The van der Waals surface area contributed by atoms with E-state index in [1.807, 2.05) is 45.9 Å². The molecule has 0 fully saturated rings. The summed E-state index contributed by atoms with van der Waals surface area (Å²) in [5.74, 6) is 2.04. The van der Waals surface area contributed by atoms with E-state index >= 15 is 0 Å². The van der Waals surface area contributed by atoms with Crippen molar-refractivity contribution >= 4 is 32.6 Å². The van der Waals surface area contributed by atoms with Crippen molar-refractivity contribution in [2.45, 2.75) is 41.5 Å². The van der Waals surface area contributed by atoms with Crippen LogP contribution in [0.25, 0.3) is 10.2 Å². The van der Waals surface area contributed by atoms with Crippen molar-refractivity contribution in [3.05, 3.63) is 35.9 Å². The Morgan fingerprint density at radius 3 is 1.97 bits per heavy atom. The second kappa shape index (κ2) is 14.0. The molecule has 0 aliphatic rings. The van der Waals surface area contributed by atoms with Crippen LogP contribution < -0.4 is 23.8 Å². The summed E-state index contributed by atoms with van der Waals surface area (Å²) in [6.07, 6.45) is 0. The summed E-state index contributed by atoms with van der Waals surface area (Å²) in [5.41, 5.74) is 1.22. The molecule has 1 amide bonds. The summed E-state index contributed by atoms with van der Waals surface area (Å²) in [4.78, 5) is 23.0. The molecule has 0 bridgehead atoms. The third kappa shape index (κ3) is 6.84. The van der Waals surface area contributed by atoms with Crippen LogP contribution in [0.4, 0.5) is 5.13 Å². The number of amides is 1. The zero-order chi connectivity index (χ0) is 26.8. The van der Waals surface area contributed by atoms with E-state index in [9.17, 15) is 4.79 Å². The van der Waals surface area contributed by atoms with Crippen molar-refractivity contribution in [2.75, 3.05) is 57.5 Å². The maximum atomic E-state index is 14.1. The lowest BCUT2D eigenvalue weighted by atomic mass is 10.1. The normalized spacial score (nSPS) is 11.1. The number of anilines is 1. The zero-order valence-corrected chi connectivity index (χ0v) is 23.7. The summed E-state index contributed by atoms with van der Waals surface area (Å²) < 4.78 is 24.3. The van der Waals surface area contributed by atoms with Crippen LogP contribution in [0.2, 0.25) is 0 Å². The van der Waals surface area contributed by atoms with Crippen molar-refractivity contribution in [1.29, 1.82) is 0 Å². The molecule has 0 atom stereocenters. The highest BCUT2D eigenvalue weighted by Gasteiger charge is 2.26. The molecule has 0 spiro atoms. The predicted molar refractivity (Wildman–Crippen MR) is 150 cm³/mol. The third-order valence-electron chi connectivity index (χ3n) is 5.84. The summed E-state index contributed by atoms with van der Waals surface area (Å²) in [5, 5.41) is 0.629. The van der Waals surface area contributed by atoms with Crippen LogP contribution in [0, 0.1) is 0 Å². The Labute approximate surface area is 224 Å². The Hall–Kier alpha value is -3.04. The number of rotatable bonds is 15. The van der Waals surface area contributed by atoms with Gasteiger partial charge in [0.05, 0.1) is 31.1 Å². The van der Waals surface area contributed by atoms with E-state index in [1.165, 1.54) is 11.3 Å². The number of hydrogen-bond donors (Lipinski definition) is 0. The van der Waals surface area contributed by atoms with Crippen molar-refractivity contribution in [1.82, 2.24) is 9.88 Å². The number of likely N-dealkylation sites (N-methyl/N-ethyl adjacent to an activating group) is 1. The average Bonchev–Trinajstić information content (AvgIpc) is 3.33. The number of para-hydroxylation sites is 1. The van der Waals surface area contributed by atoms with E-state index in [1.54, 1.807) is 17.0 Å². The first kappa shape index (κ1) is 28.5. The molecule has 0 radical (unpaired) electrons. The molecule has 1 aromatic heterocycles. The van der Waals surface area contributed by atoms with Gasteiger partial charge in [0, 0.05) is 18.7 Å². The van der Waals surface area contributed by atoms with Crippen molar-refractivity contribution in [3.8, 4) is 23.0 Å². The van der Waals surface area contributed by atoms with Gasteiger partial charge in [0.1, 0.15) is 11.3 Å². The molecular weight excluding hydrogens is 490 g/mol. The Kier molecular flexibility index (Phi) is 10.8. The van der Waals surface area contributed by atoms with Gasteiger partial charge in [-0.25, -0.2) is 4.98 Å². The lowest BCUT2D eigenvalue weighted by Gasteiger charge is -2.25. The predicted octanol–water partition coefficient (Wildman–Crippen LogP) is 5.88. The van der Waals surface area contributed by atoms with Crippen LogP contribution in [0.5, 0.6) is 23.0 Å². The second-order valence-electron chi connectivity index (χ2n) is 8.12. The van der Waals surface area contributed by atoms with Crippen LogP contribution in [0.1, 0.15) is 51.9 Å². The minimum absolute atomic E-state index is 0.172. The molecule has 0 aliphatic heterocycles. The average molecular weight is 530 g/mol. The fraction of sp³-hybridized carbons (Fsp3) is 0.500. The number of hydrogen-bond acceptors (Lipinski definition) is 8. The number of ether oxygens (including phenoxy) is 4. The number of aromatic nitrogens is 1. The number of fused-ring (bicyclic) bond motifs is 1. The van der Waals surface area contributed by atoms with E-state index in [0.29, 0.717) is 60.9 Å². The second-order valence-corrected chi connectivity index (χ2v) is 9.13. The first-order valence-corrected chi connectivity index (χ1v) is 14.0. The molecule has 0 unspecified atom stereocenters. The summed E-state index contributed by atoms with van der Waals surface area (Å²) in [6.45, 7) is 16.8. The van der Waals surface area contributed by atoms with Gasteiger partial charge in [-0.1, -0.05) is 31.3 Å². The lowest BCUT2D eigenvalue weighted by Crippen LogP contribution is -2.39. The fourth-order valence-corrected chi connectivity index (χ4v) is 5.04. The number of nitrogens with zero attached hydrogens (tertiary/aromatic N) is 3. The van der Waals surface area contributed by atoms with Gasteiger partial charge in [0.15, 0.2) is 16.6 Å². The molecular formula is C28H39N3O5S. The van der Waals surface area contributed by atoms with Crippen LogP contribution in [-0.2, 0) is 0 Å². The van der Waals surface area contributed by atoms with Crippen molar-refractivity contribution in [2.24, 2.45) is 0 Å². The molecule has 1 heterocycles. The third-order valence-corrected chi connectivity index (χ3v) is 6.88. The van der Waals surface area contributed by atoms with E-state index in [-0.39, 0.29) is 5.91 Å². The topological polar surface area (TPSA) is 73.4 Å². The van der Waals surface area contributed by atoms with Crippen LogP contribution in [0.3, 0.4) is 0 Å². The molecule has 202 valence electrons. The van der Waals surface area contributed by atoms with E-state index in [4.69, 9.17) is 23.9 Å². The van der Waals surface area contributed by atoms with Gasteiger partial charge in [-0.15, -0.1) is 0 Å². The van der Waals surface area contributed by atoms with Gasteiger partial charge in [0.25, 0.3) is 5.91 Å². The minimum Gasteiger partial charge on any atom is -0.492 e. The number of thiazole rings is 1. The molecule has 3 rings (SSSR count). The number of carbonyl (C=O) groups is 1. The molecule has 2 aromatic carbocycles. The minimum atomic E-state index is -0.172. The van der Waals surface area contributed by atoms with Gasteiger partial charge in [-0.2, -0.15) is 0 Å². The van der Waals surface area contributed by atoms with E-state index in [0.717, 1.165) is 35.6 Å². The smallest absolute Gasteiger partial charge is 0.260 e. The molecule has 0 N–H and O–H groups in total. The van der Waals surface area contributed by atoms with Gasteiger partial charge in [-0.05, 0) is 65.0 Å². The van der Waals surface area contributed by atoms with Gasteiger partial charge < -0.3 is 23.8 Å².